The van der Waals surface area contributed by atoms with Gasteiger partial charge in [-0.05, 0) is 45.3 Å². The molecular weight excluding hydrogens is 199 g/mol. The Morgan fingerprint density at radius 2 is 1.79 bits per heavy atom. The summed E-state index contributed by atoms with van der Waals surface area (Å²) in [5.41, 5.74) is 1.82. The van der Waals surface area contributed by atoms with Crippen molar-refractivity contribution < 1.29 is 8.94 Å². The fraction of sp³-hybridized carbons (Fsp3) is 0.273. The van der Waals surface area contributed by atoms with E-state index in [9.17, 15) is 4.39 Å². The average molecular weight is 216 g/mol. The summed E-state index contributed by atoms with van der Waals surface area (Å²) < 4.78 is 19.2. The van der Waals surface area contributed by atoms with Gasteiger partial charge in [-0.15, -0.1) is 6.58 Å². The van der Waals surface area contributed by atoms with Crippen molar-refractivity contribution in [3.8, 4) is 0 Å². The van der Waals surface area contributed by atoms with Crippen molar-refractivity contribution in [3.05, 3.63) is 47.8 Å². The van der Waals surface area contributed by atoms with E-state index in [2.05, 4.69) is 19.5 Å². The molecule has 0 aliphatic rings. The van der Waals surface area contributed by atoms with E-state index in [-0.39, 0.29) is 5.82 Å². The molecule has 0 spiro atoms. The van der Waals surface area contributed by atoms with Gasteiger partial charge in [-0.1, -0.05) is 23.8 Å². The summed E-state index contributed by atoms with van der Waals surface area (Å²) in [6.07, 6.45) is 1.75. The second kappa shape index (κ2) is 10.3. The number of halogens is 1. The molecule has 1 N–H and O–H groups in total. The topological polar surface area (TPSA) is 20.2 Å². The highest BCUT2D eigenvalue weighted by molar-refractivity contribution is 7.74. The quantitative estimate of drug-likeness (QED) is 0.381. The molecular formula is C11H17FOS. The molecule has 0 radical (unpaired) electrons. The summed E-state index contributed by atoms with van der Waals surface area (Å²) in [4.78, 5) is 0. The number of hydrogen-bond acceptors (Lipinski definition) is 2. The van der Waals surface area contributed by atoms with E-state index in [0.717, 1.165) is 11.1 Å². The predicted molar refractivity (Wildman–Crippen MR) is 63.4 cm³/mol. The standard InChI is InChI=1S/C8H9F.C3H6.H2OS/c1-6-3-4-8(9)7(2)5-6;1-3-2;1-2/h3-5H,1-2H3;3H,1H2,2H3;1-2H. The van der Waals surface area contributed by atoms with Crippen molar-refractivity contribution >= 4 is 12.9 Å². The Hall–Kier alpha value is -0.800. The van der Waals surface area contributed by atoms with Crippen molar-refractivity contribution in [1.82, 2.24) is 0 Å². The van der Waals surface area contributed by atoms with E-state index >= 15 is 0 Å². The van der Waals surface area contributed by atoms with Crippen LogP contribution in [0.3, 0.4) is 0 Å². The molecule has 0 unspecified atom stereocenters. The Labute approximate surface area is 90.9 Å². The molecule has 0 aromatic heterocycles. The molecule has 1 rings (SSSR count). The minimum Gasteiger partial charge on any atom is -0.333 e. The lowest BCUT2D eigenvalue weighted by molar-refractivity contribution is 0.618. The molecule has 0 bridgehead atoms. The highest BCUT2D eigenvalue weighted by Gasteiger charge is 1.93. The van der Waals surface area contributed by atoms with Crippen LogP contribution >= 0.6 is 12.9 Å². The van der Waals surface area contributed by atoms with Crippen LogP contribution in [-0.4, -0.2) is 4.55 Å². The van der Waals surface area contributed by atoms with E-state index in [1.54, 1.807) is 19.1 Å². The first-order valence-electron chi connectivity index (χ1n) is 4.11. The summed E-state index contributed by atoms with van der Waals surface area (Å²) in [5.74, 6) is -0.124. The summed E-state index contributed by atoms with van der Waals surface area (Å²) in [6, 6.07) is 5.09. The lowest BCUT2D eigenvalue weighted by Gasteiger charge is -1.95. The molecule has 1 aromatic rings. The van der Waals surface area contributed by atoms with Crippen LogP contribution in [0.5, 0.6) is 0 Å². The third-order valence-corrected chi connectivity index (χ3v) is 1.31. The molecule has 1 aromatic carbocycles. The normalized spacial score (nSPS) is 7.57. The lowest BCUT2D eigenvalue weighted by atomic mass is 10.1. The van der Waals surface area contributed by atoms with Gasteiger partial charge in [0.1, 0.15) is 5.82 Å². The highest BCUT2D eigenvalue weighted by Crippen LogP contribution is 2.06. The first kappa shape index (κ1) is 15.7. The number of rotatable bonds is 0. The van der Waals surface area contributed by atoms with Gasteiger partial charge in [-0.3, -0.25) is 0 Å². The molecule has 80 valence electrons. The van der Waals surface area contributed by atoms with E-state index in [1.165, 1.54) is 6.07 Å². The molecule has 0 heterocycles. The first-order chi connectivity index (χ1) is 6.61. The summed E-state index contributed by atoms with van der Waals surface area (Å²) in [7, 11) is 0. The van der Waals surface area contributed by atoms with Crippen molar-refractivity contribution in [2.45, 2.75) is 20.8 Å². The van der Waals surface area contributed by atoms with Gasteiger partial charge in [0, 0.05) is 0 Å². The minimum atomic E-state index is -0.124. The van der Waals surface area contributed by atoms with Gasteiger partial charge < -0.3 is 4.55 Å². The third-order valence-electron chi connectivity index (χ3n) is 1.31. The second-order valence-electron chi connectivity index (χ2n) is 2.66. The monoisotopic (exact) mass is 216 g/mol. The Bertz CT molecular complexity index is 261. The first-order valence-corrected chi connectivity index (χ1v) is 4.51. The largest absolute Gasteiger partial charge is 0.333 e. The smallest absolute Gasteiger partial charge is 0.126 e. The van der Waals surface area contributed by atoms with Crippen molar-refractivity contribution in [3.63, 3.8) is 0 Å². The van der Waals surface area contributed by atoms with Crippen LogP contribution < -0.4 is 0 Å². The lowest BCUT2D eigenvalue weighted by Crippen LogP contribution is -1.81. The molecule has 0 amide bonds. The number of hydrogen-bond donors (Lipinski definition) is 2. The van der Waals surface area contributed by atoms with Crippen molar-refractivity contribution in [1.29, 1.82) is 0 Å². The fourth-order valence-corrected chi connectivity index (χ4v) is 0.795. The van der Waals surface area contributed by atoms with Gasteiger partial charge in [0.05, 0.1) is 0 Å². The number of allylic oxidation sites excluding steroid dienone is 1. The van der Waals surface area contributed by atoms with Crippen molar-refractivity contribution in [2.24, 2.45) is 0 Å². The Morgan fingerprint density at radius 1 is 1.36 bits per heavy atom. The molecule has 0 saturated carbocycles. The summed E-state index contributed by atoms with van der Waals surface area (Å²) in [6.45, 7) is 8.97. The van der Waals surface area contributed by atoms with Crippen LogP contribution in [0.15, 0.2) is 30.9 Å². The fourth-order valence-electron chi connectivity index (χ4n) is 0.795. The zero-order chi connectivity index (χ0) is 11.6. The Kier molecular flexibility index (Phi) is 11.5. The maximum atomic E-state index is 12.5. The molecule has 3 heteroatoms. The highest BCUT2D eigenvalue weighted by atomic mass is 32.1. The minimum absolute atomic E-state index is 0.124. The van der Waals surface area contributed by atoms with Crippen LogP contribution in [0.2, 0.25) is 0 Å². The van der Waals surface area contributed by atoms with Gasteiger partial charge in [0.25, 0.3) is 0 Å². The van der Waals surface area contributed by atoms with Crippen molar-refractivity contribution in [2.75, 3.05) is 0 Å². The molecule has 14 heavy (non-hydrogen) atoms. The average Bonchev–Trinajstić information content (AvgIpc) is 2.17. The maximum absolute atomic E-state index is 12.5. The van der Waals surface area contributed by atoms with Gasteiger partial charge >= 0.3 is 0 Å². The van der Waals surface area contributed by atoms with Crippen LogP contribution in [0.4, 0.5) is 4.39 Å². The van der Waals surface area contributed by atoms with E-state index in [0.29, 0.717) is 0 Å². The molecule has 0 aliphatic carbocycles. The van der Waals surface area contributed by atoms with Gasteiger partial charge in [-0.2, -0.15) is 0 Å². The Balaban J connectivity index is 0. The molecule has 0 saturated heterocycles. The number of aryl methyl sites for hydroxylation is 2. The third kappa shape index (κ3) is 7.83. The van der Waals surface area contributed by atoms with Gasteiger partial charge in [0.15, 0.2) is 0 Å². The number of thiol groups is 1. The summed E-state index contributed by atoms with van der Waals surface area (Å²) in [5, 5.41) is 0. The van der Waals surface area contributed by atoms with Gasteiger partial charge in [-0.25, -0.2) is 4.39 Å². The molecule has 0 atom stereocenters. The van der Waals surface area contributed by atoms with Gasteiger partial charge in [0.2, 0.25) is 0 Å². The zero-order valence-electron chi connectivity index (χ0n) is 8.79. The molecule has 0 fully saturated rings. The number of benzene rings is 1. The summed E-state index contributed by atoms with van der Waals surface area (Å²) >= 11 is 2.53. The van der Waals surface area contributed by atoms with Crippen LogP contribution in [-0.2, 0) is 0 Å². The van der Waals surface area contributed by atoms with E-state index < -0.39 is 0 Å². The zero-order valence-corrected chi connectivity index (χ0v) is 9.68. The maximum Gasteiger partial charge on any atom is 0.126 e. The molecule has 0 aliphatic heterocycles. The van der Waals surface area contributed by atoms with Crippen LogP contribution in [0.25, 0.3) is 0 Å². The molecule has 1 nitrogen and oxygen atoms in total. The second-order valence-corrected chi connectivity index (χ2v) is 2.66. The van der Waals surface area contributed by atoms with E-state index in [4.69, 9.17) is 4.55 Å². The van der Waals surface area contributed by atoms with Crippen LogP contribution in [0.1, 0.15) is 18.1 Å². The van der Waals surface area contributed by atoms with E-state index in [1.807, 2.05) is 19.9 Å². The predicted octanol–water partition coefficient (Wildman–Crippen LogP) is 4.02. The van der Waals surface area contributed by atoms with Crippen LogP contribution in [0, 0.1) is 19.7 Å². The Morgan fingerprint density at radius 3 is 2.07 bits per heavy atom. The SMILES string of the molecule is C=CC.Cc1ccc(F)c(C)c1.OS.